The molecule has 1 amide bonds. The van der Waals surface area contributed by atoms with Crippen molar-refractivity contribution < 1.29 is 36.2 Å². The Morgan fingerprint density at radius 1 is 1.10 bits per heavy atom. The van der Waals surface area contributed by atoms with Gasteiger partial charge in [-0.25, -0.2) is 0 Å². The summed E-state index contributed by atoms with van der Waals surface area (Å²) in [6, 6.07) is 0.776. The number of fused-ring (bicyclic) bond motifs is 3. The Morgan fingerprint density at radius 2 is 1.73 bits per heavy atom. The van der Waals surface area contributed by atoms with Crippen molar-refractivity contribution in [1.82, 2.24) is 9.80 Å². The van der Waals surface area contributed by atoms with Crippen LogP contribution in [-0.4, -0.2) is 121 Å². The van der Waals surface area contributed by atoms with Crippen LogP contribution >= 0.6 is 0 Å². The van der Waals surface area contributed by atoms with Gasteiger partial charge in [-0.2, -0.15) is 0 Å². The van der Waals surface area contributed by atoms with Gasteiger partial charge in [0.1, 0.15) is 22.8 Å². The lowest BCUT2D eigenvalue weighted by atomic mass is 9.57. The molecule has 4 aliphatic rings. The van der Waals surface area contributed by atoms with Crippen molar-refractivity contribution in [2.75, 3.05) is 71.2 Å². The van der Waals surface area contributed by atoms with Gasteiger partial charge in [0.2, 0.25) is 5.78 Å². The number of anilines is 2. The SMILES string of the molecule is CN1CCN(c2cc(N(C)C)c3c(c2O)C(O)=C2C(=O)[C@]4(O)C(O)=C(C(N)=O)C(=O)[C@H](N(C)C)[C@@H]4C[C@@H]2C3)CC1.[HH]. The Labute approximate surface area is 234 Å². The minimum atomic E-state index is -2.65. The lowest BCUT2D eigenvalue weighted by molar-refractivity contribution is -0.153. The van der Waals surface area contributed by atoms with Gasteiger partial charge in [-0.05, 0) is 51.5 Å². The van der Waals surface area contributed by atoms with E-state index in [4.69, 9.17) is 5.73 Å². The number of hydrogen-bond acceptors (Lipinski definition) is 11. The number of carbonyl (C=O) groups is 3. The zero-order chi connectivity index (χ0) is 29.4. The third-order valence-corrected chi connectivity index (χ3v) is 9.00. The van der Waals surface area contributed by atoms with Gasteiger partial charge in [0.25, 0.3) is 5.91 Å². The third-order valence-electron chi connectivity index (χ3n) is 9.00. The van der Waals surface area contributed by atoms with Crippen LogP contribution in [0.1, 0.15) is 19.0 Å². The summed E-state index contributed by atoms with van der Waals surface area (Å²) < 4.78 is 0. The van der Waals surface area contributed by atoms with E-state index in [0.717, 1.165) is 18.8 Å². The van der Waals surface area contributed by atoms with Crippen LogP contribution in [0.4, 0.5) is 11.4 Å². The van der Waals surface area contributed by atoms with E-state index in [1.165, 1.54) is 4.90 Å². The van der Waals surface area contributed by atoms with E-state index in [9.17, 15) is 34.8 Å². The number of nitrogens with zero attached hydrogens (tertiary/aromatic N) is 4. The second kappa shape index (κ2) is 9.50. The van der Waals surface area contributed by atoms with E-state index in [2.05, 4.69) is 4.90 Å². The molecule has 2 fully saturated rings. The van der Waals surface area contributed by atoms with E-state index in [-0.39, 0.29) is 31.2 Å². The number of hydrogen-bond donors (Lipinski definition) is 5. The molecule has 3 aliphatic carbocycles. The molecule has 0 aromatic heterocycles. The Bertz CT molecular complexity index is 1380. The molecule has 1 aromatic carbocycles. The molecule has 4 atom stereocenters. The molecular formula is C28H39N5O7. The average Bonchev–Trinajstić information content (AvgIpc) is 2.86. The number of phenols is 1. The molecule has 0 bridgehead atoms. The predicted octanol–water partition coefficient (Wildman–Crippen LogP) is 0.0278. The number of aromatic hydroxyl groups is 1. The van der Waals surface area contributed by atoms with E-state index >= 15 is 0 Å². The second-order valence-corrected chi connectivity index (χ2v) is 11.8. The highest BCUT2D eigenvalue weighted by Crippen LogP contribution is 2.55. The maximum atomic E-state index is 14.1. The maximum Gasteiger partial charge on any atom is 0.255 e. The lowest BCUT2D eigenvalue weighted by Gasteiger charge is -2.50. The molecule has 1 aliphatic heterocycles. The first-order valence-electron chi connectivity index (χ1n) is 13.4. The average molecular weight is 558 g/mol. The standard InChI is InChI=1S/C28H37N5O7.H2/c1-30(2)16-12-17(33-8-6-32(5)7-9-33)22(34)19-14(16)10-13-11-15-21(31(3)4)24(36)20(27(29)39)26(38)28(15,40)25(37)18(13)23(19)35;/h12-13,15,21,34-35,38,40H,6-11H2,1-5H3,(H2,29,39);1H/t13-,15-,21+,28-;/m0./s1. The zero-order valence-electron chi connectivity index (χ0n) is 23.4. The number of likely N-dealkylation sites (N-methyl/N-ethyl adjacent to an activating group) is 2. The number of aliphatic hydroxyl groups is 3. The quantitative estimate of drug-likeness (QED) is 0.316. The molecule has 1 heterocycles. The molecule has 6 N–H and O–H groups in total. The fourth-order valence-electron chi connectivity index (χ4n) is 6.97. The van der Waals surface area contributed by atoms with Crippen molar-refractivity contribution in [3.05, 3.63) is 34.1 Å². The summed E-state index contributed by atoms with van der Waals surface area (Å²) in [7, 11) is 8.89. The summed E-state index contributed by atoms with van der Waals surface area (Å²) >= 11 is 0. The number of amides is 1. The molecule has 0 radical (unpaired) electrons. The topological polar surface area (TPSA) is 171 Å². The van der Waals surface area contributed by atoms with Crippen molar-refractivity contribution in [3.63, 3.8) is 0 Å². The van der Waals surface area contributed by atoms with Gasteiger partial charge in [0, 0.05) is 58.9 Å². The molecular weight excluding hydrogens is 518 g/mol. The van der Waals surface area contributed by atoms with Crippen molar-refractivity contribution in [2.24, 2.45) is 17.6 Å². The molecule has 0 unspecified atom stereocenters. The molecule has 40 heavy (non-hydrogen) atoms. The Hall–Kier alpha value is -3.61. The fourth-order valence-corrected chi connectivity index (χ4v) is 6.97. The Kier molecular flexibility index (Phi) is 6.63. The summed E-state index contributed by atoms with van der Waals surface area (Å²) in [4.78, 5) is 47.1. The summed E-state index contributed by atoms with van der Waals surface area (Å²) in [6.07, 6.45) is 0.304. The first-order valence-corrected chi connectivity index (χ1v) is 13.4. The molecule has 12 nitrogen and oxygen atoms in total. The van der Waals surface area contributed by atoms with Crippen molar-refractivity contribution in [1.29, 1.82) is 0 Å². The number of nitrogens with two attached hydrogens (primary N) is 1. The smallest absolute Gasteiger partial charge is 0.255 e. The van der Waals surface area contributed by atoms with Gasteiger partial charge in [0.15, 0.2) is 11.4 Å². The lowest BCUT2D eigenvalue weighted by Crippen LogP contribution is -2.65. The van der Waals surface area contributed by atoms with Gasteiger partial charge in [-0.3, -0.25) is 19.3 Å². The van der Waals surface area contributed by atoms with Crippen LogP contribution in [-0.2, 0) is 20.8 Å². The second-order valence-electron chi connectivity index (χ2n) is 11.8. The van der Waals surface area contributed by atoms with Gasteiger partial charge >= 0.3 is 0 Å². The van der Waals surface area contributed by atoms with Crippen molar-refractivity contribution >= 4 is 34.6 Å². The van der Waals surface area contributed by atoms with Gasteiger partial charge in [-0.15, -0.1) is 0 Å². The van der Waals surface area contributed by atoms with E-state index in [1.807, 2.05) is 37.0 Å². The van der Waals surface area contributed by atoms with Gasteiger partial charge < -0.3 is 40.9 Å². The van der Waals surface area contributed by atoms with Crippen LogP contribution in [0.25, 0.3) is 5.76 Å². The number of benzene rings is 1. The van der Waals surface area contributed by atoms with Crippen LogP contribution in [0, 0.1) is 11.8 Å². The largest absolute Gasteiger partial charge is 0.508 e. The first kappa shape index (κ1) is 27.9. The number of phenolic OH excluding ortho intramolecular Hbond substituents is 1. The maximum absolute atomic E-state index is 14.1. The molecule has 1 saturated carbocycles. The molecule has 5 rings (SSSR count). The summed E-state index contributed by atoms with van der Waals surface area (Å²) in [5.74, 6) is -6.49. The highest BCUT2D eigenvalue weighted by atomic mass is 16.3. The van der Waals surface area contributed by atoms with Crippen molar-refractivity contribution in [3.8, 4) is 5.75 Å². The number of primary amides is 1. The first-order chi connectivity index (χ1) is 18.7. The fraction of sp³-hybridized carbons (Fsp3) is 0.536. The zero-order valence-corrected chi connectivity index (χ0v) is 23.4. The molecule has 12 heteroatoms. The van der Waals surface area contributed by atoms with Gasteiger partial charge in [0.05, 0.1) is 17.3 Å². The van der Waals surface area contributed by atoms with Crippen LogP contribution in [0.15, 0.2) is 23.0 Å². The Balaban J connectivity index is 0.00000387. The van der Waals surface area contributed by atoms with E-state index in [0.29, 0.717) is 24.3 Å². The minimum Gasteiger partial charge on any atom is -0.508 e. The summed E-state index contributed by atoms with van der Waals surface area (Å²) in [5.41, 5.74) is 3.81. The number of rotatable bonds is 4. The number of aliphatic hydroxyl groups excluding tert-OH is 2. The minimum absolute atomic E-state index is 0. The van der Waals surface area contributed by atoms with Crippen molar-refractivity contribution in [2.45, 2.75) is 24.5 Å². The van der Waals surface area contributed by atoms with Crippen LogP contribution in [0.5, 0.6) is 5.75 Å². The van der Waals surface area contributed by atoms with Crippen LogP contribution in [0.2, 0.25) is 0 Å². The summed E-state index contributed by atoms with van der Waals surface area (Å²) in [5, 5.41) is 46.0. The molecule has 0 spiro atoms. The third kappa shape index (κ3) is 3.80. The monoisotopic (exact) mass is 557 g/mol. The predicted molar refractivity (Wildman–Crippen MR) is 150 cm³/mol. The highest BCUT2D eigenvalue weighted by molar-refractivity contribution is 6.24. The van der Waals surface area contributed by atoms with Crippen LogP contribution < -0.4 is 15.5 Å². The number of carbonyl (C=O) groups excluding carboxylic acids is 3. The number of ketones is 2. The highest BCUT2D eigenvalue weighted by Gasteiger charge is 2.64. The normalized spacial score (nSPS) is 29.0. The van der Waals surface area contributed by atoms with E-state index < -0.39 is 58.0 Å². The van der Waals surface area contributed by atoms with E-state index in [1.54, 1.807) is 14.1 Å². The number of Topliss-reactive ketones (excluding diaryl/α,β-unsaturated/α-hetero) is 2. The number of piperazine rings is 1. The molecule has 1 aromatic rings. The summed E-state index contributed by atoms with van der Waals surface area (Å²) in [6.45, 7) is 2.89. The molecule has 1 saturated heterocycles. The Morgan fingerprint density at radius 3 is 2.27 bits per heavy atom. The molecule has 218 valence electrons. The van der Waals surface area contributed by atoms with Gasteiger partial charge in [-0.1, -0.05) is 0 Å². The van der Waals surface area contributed by atoms with Crippen LogP contribution in [0.3, 0.4) is 0 Å².